The van der Waals surface area contributed by atoms with Crippen LogP contribution in [0.2, 0.25) is 0 Å². The lowest BCUT2D eigenvalue weighted by Crippen LogP contribution is -2.19. The van der Waals surface area contributed by atoms with Gasteiger partial charge in [0.25, 0.3) is 0 Å². The van der Waals surface area contributed by atoms with E-state index in [4.69, 9.17) is 0 Å². The van der Waals surface area contributed by atoms with Crippen molar-refractivity contribution in [3.8, 4) is 0 Å². The van der Waals surface area contributed by atoms with E-state index in [-0.39, 0.29) is 5.91 Å². The predicted molar refractivity (Wildman–Crippen MR) is 75.7 cm³/mol. The Hall–Kier alpha value is -2.36. The second kappa shape index (κ2) is 4.72. The topological polar surface area (TPSA) is 45.2 Å². The number of carbonyl (C=O) groups is 1. The van der Waals surface area contributed by atoms with Gasteiger partial charge in [-0.2, -0.15) is 0 Å². The molecule has 0 fully saturated rings. The Morgan fingerprint density at radius 3 is 2.79 bits per heavy atom. The van der Waals surface area contributed by atoms with Gasteiger partial charge < -0.3 is 10.2 Å². The Morgan fingerprint density at radius 2 is 2.00 bits per heavy atom. The number of rotatable bonds is 1. The first-order valence-electron chi connectivity index (χ1n) is 6.33. The summed E-state index contributed by atoms with van der Waals surface area (Å²) in [5.74, 6) is 0.834. The number of amides is 1. The van der Waals surface area contributed by atoms with Gasteiger partial charge in [-0.3, -0.25) is 4.79 Å². The van der Waals surface area contributed by atoms with Crippen molar-refractivity contribution in [3.63, 3.8) is 0 Å². The number of hydrogen-bond acceptors (Lipinski definition) is 3. The van der Waals surface area contributed by atoms with Crippen molar-refractivity contribution in [2.24, 2.45) is 0 Å². The van der Waals surface area contributed by atoms with Crippen molar-refractivity contribution in [3.05, 3.63) is 48.2 Å². The summed E-state index contributed by atoms with van der Waals surface area (Å²) in [6.45, 7) is 2.70. The van der Waals surface area contributed by atoms with Crippen molar-refractivity contribution in [1.82, 2.24) is 4.98 Å². The van der Waals surface area contributed by atoms with Gasteiger partial charge in [0.2, 0.25) is 5.91 Å². The van der Waals surface area contributed by atoms with Crippen molar-refractivity contribution in [1.29, 1.82) is 0 Å². The first-order chi connectivity index (χ1) is 9.24. The zero-order valence-electron chi connectivity index (χ0n) is 10.8. The predicted octanol–water partition coefficient (Wildman–Crippen LogP) is 2.87. The molecular formula is C15H15N3O. The van der Waals surface area contributed by atoms with Gasteiger partial charge >= 0.3 is 0 Å². The van der Waals surface area contributed by atoms with Gasteiger partial charge in [0.1, 0.15) is 0 Å². The SMILES string of the molecule is Cc1ccc(N2CCC(=O)Nc3cccnc32)cc1. The zero-order valence-corrected chi connectivity index (χ0v) is 10.8. The zero-order chi connectivity index (χ0) is 13.2. The number of carbonyl (C=O) groups excluding carboxylic acids is 1. The number of hydrogen-bond donors (Lipinski definition) is 1. The van der Waals surface area contributed by atoms with Gasteiger partial charge in [0.05, 0.1) is 5.69 Å². The Bertz CT molecular complexity index is 607. The molecule has 4 heteroatoms. The van der Waals surface area contributed by atoms with E-state index in [1.165, 1.54) is 5.56 Å². The number of pyridine rings is 1. The summed E-state index contributed by atoms with van der Waals surface area (Å²) in [6.07, 6.45) is 2.21. The second-order valence-corrected chi connectivity index (χ2v) is 4.66. The molecule has 1 N–H and O–H groups in total. The molecule has 1 aliphatic rings. The summed E-state index contributed by atoms with van der Waals surface area (Å²) < 4.78 is 0. The standard InChI is InChI=1S/C15H15N3O/c1-11-4-6-12(7-5-11)18-10-8-14(19)17-13-3-2-9-16-15(13)18/h2-7,9H,8,10H2,1H3,(H,17,19). The highest BCUT2D eigenvalue weighted by Crippen LogP contribution is 2.32. The van der Waals surface area contributed by atoms with E-state index in [0.717, 1.165) is 17.2 Å². The van der Waals surface area contributed by atoms with Gasteiger partial charge in [0, 0.05) is 24.8 Å². The Balaban J connectivity index is 2.06. The molecule has 3 rings (SSSR count). The Morgan fingerprint density at radius 1 is 1.21 bits per heavy atom. The minimum atomic E-state index is 0.0314. The van der Waals surface area contributed by atoms with Crippen LogP contribution in [0.25, 0.3) is 0 Å². The summed E-state index contributed by atoms with van der Waals surface area (Å²) in [6, 6.07) is 12.0. The molecule has 0 saturated carbocycles. The minimum Gasteiger partial charge on any atom is -0.324 e. The van der Waals surface area contributed by atoms with Gasteiger partial charge in [-0.05, 0) is 31.2 Å². The lowest BCUT2D eigenvalue weighted by molar-refractivity contribution is -0.115. The fourth-order valence-corrected chi connectivity index (χ4v) is 2.22. The van der Waals surface area contributed by atoms with E-state index in [9.17, 15) is 4.79 Å². The molecule has 1 aliphatic heterocycles. The van der Waals surface area contributed by atoms with Crippen LogP contribution in [0.1, 0.15) is 12.0 Å². The van der Waals surface area contributed by atoms with Crippen molar-refractivity contribution >= 4 is 23.1 Å². The third-order valence-electron chi connectivity index (χ3n) is 3.22. The second-order valence-electron chi connectivity index (χ2n) is 4.66. The molecule has 0 unspecified atom stereocenters. The van der Waals surface area contributed by atoms with Crippen LogP contribution in [0.15, 0.2) is 42.6 Å². The molecule has 4 nitrogen and oxygen atoms in total. The van der Waals surface area contributed by atoms with E-state index in [1.54, 1.807) is 6.20 Å². The third kappa shape index (κ3) is 2.29. The van der Waals surface area contributed by atoms with E-state index in [0.29, 0.717) is 13.0 Å². The Labute approximate surface area is 112 Å². The highest BCUT2D eigenvalue weighted by Gasteiger charge is 2.20. The van der Waals surface area contributed by atoms with E-state index < -0.39 is 0 Å². The third-order valence-corrected chi connectivity index (χ3v) is 3.22. The van der Waals surface area contributed by atoms with Crippen LogP contribution in [0, 0.1) is 6.92 Å². The maximum Gasteiger partial charge on any atom is 0.226 e. The maximum absolute atomic E-state index is 11.7. The number of aryl methyl sites for hydroxylation is 1. The average Bonchev–Trinajstić information content (AvgIpc) is 2.58. The number of nitrogens with zero attached hydrogens (tertiary/aromatic N) is 2. The largest absolute Gasteiger partial charge is 0.324 e. The lowest BCUT2D eigenvalue weighted by atomic mass is 10.2. The quantitative estimate of drug-likeness (QED) is 0.850. The number of nitrogens with one attached hydrogen (secondary N) is 1. The van der Waals surface area contributed by atoms with E-state index in [2.05, 4.69) is 46.4 Å². The lowest BCUT2D eigenvalue weighted by Gasteiger charge is -2.22. The molecule has 2 heterocycles. The summed E-state index contributed by atoms with van der Waals surface area (Å²) >= 11 is 0. The summed E-state index contributed by atoms with van der Waals surface area (Å²) in [7, 11) is 0. The van der Waals surface area contributed by atoms with E-state index >= 15 is 0 Å². The van der Waals surface area contributed by atoms with Gasteiger partial charge in [-0.25, -0.2) is 4.98 Å². The molecule has 0 atom stereocenters. The summed E-state index contributed by atoms with van der Waals surface area (Å²) in [5, 5.41) is 2.89. The number of fused-ring (bicyclic) bond motifs is 1. The van der Waals surface area contributed by atoms with Crippen LogP contribution < -0.4 is 10.2 Å². The molecule has 0 bridgehead atoms. The highest BCUT2D eigenvalue weighted by atomic mass is 16.1. The van der Waals surface area contributed by atoms with Crippen molar-refractivity contribution in [2.45, 2.75) is 13.3 Å². The van der Waals surface area contributed by atoms with Gasteiger partial charge in [-0.15, -0.1) is 0 Å². The molecule has 1 aromatic carbocycles. The molecule has 1 aromatic heterocycles. The monoisotopic (exact) mass is 253 g/mol. The van der Waals surface area contributed by atoms with Crippen LogP contribution in [0.3, 0.4) is 0 Å². The van der Waals surface area contributed by atoms with Gasteiger partial charge in [0.15, 0.2) is 5.82 Å². The molecular weight excluding hydrogens is 238 g/mol. The first kappa shape index (κ1) is 11.7. The fraction of sp³-hybridized carbons (Fsp3) is 0.200. The maximum atomic E-state index is 11.7. The molecule has 0 spiro atoms. The number of aromatic nitrogens is 1. The molecule has 0 radical (unpaired) electrons. The molecule has 2 aromatic rings. The highest BCUT2D eigenvalue weighted by molar-refractivity contribution is 5.96. The van der Waals surface area contributed by atoms with Crippen LogP contribution in [0.5, 0.6) is 0 Å². The smallest absolute Gasteiger partial charge is 0.226 e. The van der Waals surface area contributed by atoms with Crippen molar-refractivity contribution in [2.75, 3.05) is 16.8 Å². The molecule has 19 heavy (non-hydrogen) atoms. The van der Waals surface area contributed by atoms with Gasteiger partial charge in [-0.1, -0.05) is 17.7 Å². The number of benzene rings is 1. The molecule has 1 amide bonds. The first-order valence-corrected chi connectivity index (χ1v) is 6.33. The van der Waals surface area contributed by atoms with E-state index in [1.807, 2.05) is 12.1 Å². The van der Waals surface area contributed by atoms with Crippen LogP contribution in [0.4, 0.5) is 17.2 Å². The summed E-state index contributed by atoms with van der Waals surface area (Å²) in [4.78, 5) is 18.2. The molecule has 96 valence electrons. The Kier molecular flexibility index (Phi) is 2.91. The average molecular weight is 253 g/mol. The fourth-order valence-electron chi connectivity index (χ4n) is 2.22. The van der Waals surface area contributed by atoms with Crippen molar-refractivity contribution < 1.29 is 4.79 Å². The normalized spacial score (nSPS) is 14.6. The summed E-state index contributed by atoms with van der Waals surface area (Å²) in [5.41, 5.74) is 3.04. The van der Waals surface area contributed by atoms with Crippen LogP contribution in [-0.2, 0) is 4.79 Å². The minimum absolute atomic E-state index is 0.0314. The van der Waals surface area contributed by atoms with Crippen LogP contribution in [-0.4, -0.2) is 17.4 Å². The number of anilines is 3. The molecule has 0 saturated heterocycles. The van der Waals surface area contributed by atoms with Crippen LogP contribution >= 0.6 is 0 Å². The molecule has 0 aliphatic carbocycles.